The quantitative estimate of drug-likeness (QED) is 0.242. The number of rotatable bonds is 4. The van der Waals surface area contributed by atoms with Gasteiger partial charge in [-0.05, 0) is 80.6 Å². The van der Waals surface area contributed by atoms with Crippen LogP contribution in [-0.4, -0.2) is 9.97 Å². The van der Waals surface area contributed by atoms with Crippen LogP contribution in [0, 0.1) is 0 Å². The number of nitrogens with zero attached hydrogens (tertiary/aromatic N) is 3. The van der Waals surface area contributed by atoms with E-state index < -0.39 is 0 Å². The number of hydrogen-bond donors (Lipinski definition) is 0. The standard InChI is InChI=1S/C36H23N3/c1-2-9-29-28(8-1)31-12-5-11-30-27(18-19-32(29)36(30)31)24-14-16-25(17-15-24)39(26-7-6-21-37-23-26)35-20-22-38-34-13-4-3-10-33(34)35/h1-23H. The first-order valence-corrected chi connectivity index (χ1v) is 13.2. The van der Waals surface area contributed by atoms with Crippen molar-refractivity contribution >= 4 is 38.7 Å². The third-order valence-electron chi connectivity index (χ3n) is 7.76. The first-order chi connectivity index (χ1) is 19.4. The van der Waals surface area contributed by atoms with Crippen LogP contribution in [0.4, 0.5) is 17.1 Å². The Morgan fingerprint density at radius 1 is 0.462 bits per heavy atom. The van der Waals surface area contributed by atoms with Gasteiger partial charge in [-0.2, -0.15) is 0 Å². The topological polar surface area (TPSA) is 29.0 Å². The van der Waals surface area contributed by atoms with Crippen molar-refractivity contribution < 1.29 is 0 Å². The monoisotopic (exact) mass is 497 g/mol. The molecule has 7 aromatic rings. The highest BCUT2D eigenvalue weighted by Crippen LogP contribution is 2.49. The molecule has 0 saturated heterocycles. The Balaban J connectivity index is 1.27. The molecule has 2 aromatic heterocycles. The molecule has 1 aliphatic carbocycles. The molecule has 0 spiro atoms. The van der Waals surface area contributed by atoms with E-state index in [1.165, 1.54) is 44.2 Å². The minimum absolute atomic E-state index is 0.967. The average molecular weight is 498 g/mol. The number of benzene rings is 5. The van der Waals surface area contributed by atoms with Crippen LogP contribution in [0.2, 0.25) is 0 Å². The normalized spacial score (nSPS) is 11.6. The molecule has 2 heterocycles. The van der Waals surface area contributed by atoms with Crippen LogP contribution in [0.5, 0.6) is 0 Å². The van der Waals surface area contributed by atoms with Crippen LogP contribution < -0.4 is 4.90 Å². The van der Waals surface area contributed by atoms with Gasteiger partial charge in [0.2, 0.25) is 0 Å². The van der Waals surface area contributed by atoms with Crippen LogP contribution in [0.1, 0.15) is 0 Å². The Bertz CT molecular complexity index is 1980. The van der Waals surface area contributed by atoms with E-state index in [2.05, 4.69) is 124 Å². The molecule has 0 saturated carbocycles. The molecule has 0 atom stereocenters. The maximum absolute atomic E-state index is 4.59. The van der Waals surface area contributed by atoms with Gasteiger partial charge in [-0.1, -0.05) is 84.9 Å². The van der Waals surface area contributed by atoms with Crippen molar-refractivity contribution in [2.75, 3.05) is 4.90 Å². The summed E-state index contributed by atoms with van der Waals surface area (Å²) in [5.41, 5.74) is 11.9. The number of hydrogen-bond acceptors (Lipinski definition) is 3. The van der Waals surface area contributed by atoms with Crippen LogP contribution >= 0.6 is 0 Å². The van der Waals surface area contributed by atoms with Crippen LogP contribution in [0.3, 0.4) is 0 Å². The molecule has 39 heavy (non-hydrogen) atoms. The Kier molecular flexibility index (Phi) is 4.82. The first kappa shape index (κ1) is 21.8. The predicted molar refractivity (Wildman–Crippen MR) is 162 cm³/mol. The minimum atomic E-state index is 0.967. The third-order valence-corrected chi connectivity index (χ3v) is 7.76. The number of anilines is 3. The zero-order chi connectivity index (χ0) is 25.8. The van der Waals surface area contributed by atoms with E-state index in [4.69, 9.17) is 0 Å². The molecular weight excluding hydrogens is 474 g/mol. The summed E-state index contributed by atoms with van der Waals surface area (Å²) < 4.78 is 0. The number of pyridine rings is 2. The van der Waals surface area contributed by atoms with E-state index in [0.717, 1.165) is 28.0 Å². The second kappa shape index (κ2) is 8.64. The number of aromatic nitrogens is 2. The molecule has 1 aliphatic rings. The zero-order valence-electron chi connectivity index (χ0n) is 21.1. The third kappa shape index (κ3) is 3.37. The van der Waals surface area contributed by atoms with Gasteiger partial charge >= 0.3 is 0 Å². The van der Waals surface area contributed by atoms with Crippen molar-refractivity contribution in [1.82, 2.24) is 9.97 Å². The van der Waals surface area contributed by atoms with Gasteiger partial charge in [-0.15, -0.1) is 0 Å². The molecule has 0 unspecified atom stereocenters. The lowest BCUT2D eigenvalue weighted by atomic mass is 9.94. The maximum Gasteiger partial charge on any atom is 0.0723 e. The number of para-hydroxylation sites is 1. The van der Waals surface area contributed by atoms with Crippen LogP contribution in [0.25, 0.3) is 55.1 Å². The van der Waals surface area contributed by atoms with E-state index in [-0.39, 0.29) is 0 Å². The predicted octanol–water partition coefficient (Wildman–Crippen LogP) is 9.57. The van der Waals surface area contributed by atoms with E-state index in [0.29, 0.717) is 0 Å². The van der Waals surface area contributed by atoms with Crippen LogP contribution in [0.15, 0.2) is 140 Å². The summed E-state index contributed by atoms with van der Waals surface area (Å²) in [5.74, 6) is 0. The minimum Gasteiger partial charge on any atom is -0.308 e. The van der Waals surface area contributed by atoms with Crippen molar-refractivity contribution in [3.05, 3.63) is 140 Å². The van der Waals surface area contributed by atoms with Gasteiger partial charge in [-0.25, -0.2) is 0 Å². The fourth-order valence-electron chi connectivity index (χ4n) is 6.04. The molecule has 0 radical (unpaired) electrons. The van der Waals surface area contributed by atoms with Gasteiger partial charge in [0.25, 0.3) is 0 Å². The second-order valence-corrected chi connectivity index (χ2v) is 9.88. The zero-order valence-corrected chi connectivity index (χ0v) is 21.1. The first-order valence-electron chi connectivity index (χ1n) is 13.2. The second-order valence-electron chi connectivity index (χ2n) is 9.88. The lowest BCUT2D eigenvalue weighted by Crippen LogP contribution is -2.10. The molecule has 0 N–H and O–H groups in total. The Morgan fingerprint density at radius 3 is 2.00 bits per heavy atom. The molecule has 0 amide bonds. The van der Waals surface area contributed by atoms with Crippen molar-refractivity contribution in [3.8, 4) is 33.4 Å². The Labute approximate surface area is 226 Å². The highest BCUT2D eigenvalue weighted by molar-refractivity contribution is 6.18. The Hall–Kier alpha value is -5.28. The van der Waals surface area contributed by atoms with E-state index in [1.54, 1.807) is 0 Å². The SMILES string of the molecule is c1cncc(N(c2ccc(-c3ccc4c5c(cccc35)-c3ccccc3-4)cc2)c2ccnc3ccccc23)c1. The maximum atomic E-state index is 4.59. The van der Waals surface area contributed by atoms with Crippen LogP contribution in [-0.2, 0) is 0 Å². The fraction of sp³-hybridized carbons (Fsp3) is 0. The van der Waals surface area contributed by atoms with Gasteiger partial charge in [0.15, 0.2) is 0 Å². The van der Waals surface area contributed by atoms with Gasteiger partial charge in [0.05, 0.1) is 23.1 Å². The molecule has 3 nitrogen and oxygen atoms in total. The lowest BCUT2D eigenvalue weighted by molar-refractivity contribution is 1.23. The molecule has 5 aromatic carbocycles. The number of fused-ring (bicyclic) bond motifs is 4. The molecule has 3 heteroatoms. The smallest absolute Gasteiger partial charge is 0.0723 e. The summed E-state index contributed by atoms with van der Waals surface area (Å²) in [5, 5.41) is 3.73. The summed E-state index contributed by atoms with van der Waals surface area (Å²) in [6.45, 7) is 0. The van der Waals surface area contributed by atoms with Crippen molar-refractivity contribution in [2.24, 2.45) is 0 Å². The van der Waals surface area contributed by atoms with Gasteiger partial charge in [0.1, 0.15) is 0 Å². The molecular formula is C36H23N3. The summed E-state index contributed by atoms with van der Waals surface area (Å²) in [6.07, 6.45) is 5.59. The summed E-state index contributed by atoms with van der Waals surface area (Å²) in [4.78, 5) is 11.3. The van der Waals surface area contributed by atoms with Gasteiger partial charge in [-0.3, -0.25) is 9.97 Å². The van der Waals surface area contributed by atoms with E-state index in [1.807, 2.05) is 30.7 Å². The lowest BCUT2D eigenvalue weighted by Gasteiger charge is -2.26. The largest absolute Gasteiger partial charge is 0.308 e. The molecule has 182 valence electrons. The Morgan fingerprint density at radius 2 is 1.18 bits per heavy atom. The highest BCUT2D eigenvalue weighted by atomic mass is 15.1. The van der Waals surface area contributed by atoms with Crippen molar-refractivity contribution in [3.63, 3.8) is 0 Å². The van der Waals surface area contributed by atoms with Gasteiger partial charge in [0, 0.05) is 23.5 Å². The van der Waals surface area contributed by atoms with Crippen molar-refractivity contribution in [2.45, 2.75) is 0 Å². The van der Waals surface area contributed by atoms with Gasteiger partial charge < -0.3 is 4.90 Å². The summed E-state index contributed by atoms with van der Waals surface area (Å²) >= 11 is 0. The average Bonchev–Trinajstić information content (AvgIpc) is 3.34. The molecule has 0 aliphatic heterocycles. The fourth-order valence-corrected chi connectivity index (χ4v) is 6.04. The van der Waals surface area contributed by atoms with E-state index in [9.17, 15) is 0 Å². The molecule has 0 bridgehead atoms. The molecule has 8 rings (SSSR count). The summed E-state index contributed by atoms with van der Waals surface area (Å²) in [7, 11) is 0. The van der Waals surface area contributed by atoms with E-state index >= 15 is 0 Å². The van der Waals surface area contributed by atoms with Crippen molar-refractivity contribution in [1.29, 1.82) is 0 Å². The summed E-state index contributed by atoms with van der Waals surface area (Å²) in [6, 6.07) is 43.2. The molecule has 0 fully saturated rings. The highest BCUT2D eigenvalue weighted by Gasteiger charge is 2.22.